The molecule has 0 spiro atoms. The van der Waals surface area contributed by atoms with Crippen LogP contribution < -0.4 is 5.73 Å². The Morgan fingerprint density at radius 1 is 1.21 bits per heavy atom. The molecule has 0 aliphatic carbocycles. The summed E-state index contributed by atoms with van der Waals surface area (Å²) in [5.74, 6) is 1.64. The number of piperidine rings is 1. The Balaban J connectivity index is 1.68. The van der Waals surface area contributed by atoms with E-state index in [4.69, 9.17) is 5.73 Å². The van der Waals surface area contributed by atoms with E-state index in [1.807, 2.05) is 4.68 Å². The summed E-state index contributed by atoms with van der Waals surface area (Å²) >= 11 is 0. The Morgan fingerprint density at radius 3 is 2.63 bits per heavy atom. The largest absolute Gasteiger partial charge is 0.330 e. The predicted octanol–water partition coefficient (Wildman–Crippen LogP) is 0.752. The Hall–Kier alpha value is -1.01. The summed E-state index contributed by atoms with van der Waals surface area (Å²) in [4.78, 5) is 2.55. The van der Waals surface area contributed by atoms with Crippen molar-refractivity contribution in [2.45, 2.75) is 63.1 Å². The second-order valence-corrected chi connectivity index (χ2v) is 5.97. The number of aromatic nitrogens is 4. The van der Waals surface area contributed by atoms with Crippen LogP contribution in [-0.4, -0.2) is 50.8 Å². The maximum absolute atomic E-state index is 5.54. The molecule has 0 amide bonds. The average molecular weight is 264 g/mol. The topological polar surface area (TPSA) is 72.9 Å². The summed E-state index contributed by atoms with van der Waals surface area (Å²) in [6, 6.07) is 1.47. The van der Waals surface area contributed by atoms with Crippen molar-refractivity contribution in [1.82, 2.24) is 25.1 Å². The van der Waals surface area contributed by atoms with Crippen molar-refractivity contribution < 1.29 is 0 Å². The van der Waals surface area contributed by atoms with Gasteiger partial charge in [0.1, 0.15) is 0 Å². The molecule has 2 fully saturated rings. The van der Waals surface area contributed by atoms with Gasteiger partial charge < -0.3 is 10.6 Å². The van der Waals surface area contributed by atoms with E-state index < -0.39 is 0 Å². The molecule has 0 saturated carbocycles. The van der Waals surface area contributed by atoms with E-state index in [1.165, 1.54) is 25.7 Å². The normalized spacial score (nSPS) is 30.9. The van der Waals surface area contributed by atoms with Crippen molar-refractivity contribution in [3.63, 3.8) is 0 Å². The molecule has 1 aromatic rings. The average Bonchev–Trinajstić information content (AvgIpc) is 2.92. The smallest absolute Gasteiger partial charge is 0.154 e. The third-order valence-corrected chi connectivity index (χ3v) is 4.85. The zero-order valence-electron chi connectivity index (χ0n) is 11.7. The second kappa shape index (κ2) is 5.54. The number of aryl methyl sites for hydroxylation is 1. The molecular weight excluding hydrogens is 240 g/mol. The molecule has 3 heterocycles. The number of hydrogen-bond donors (Lipinski definition) is 1. The molecule has 106 valence electrons. The van der Waals surface area contributed by atoms with Gasteiger partial charge in [-0.05, 0) is 62.5 Å². The maximum Gasteiger partial charge on any atom is 0.154 e. The Morgan fingerprint density at radius 2 is 1.95 bits per heavy atom. The molecule has 3 rings (SSSR count). The molecule has 19 heavy (non-hydrogen) atoms. The quantitative estimate of drug-likeness (QED) is 0.795. The molecule has 0 aromatic carbocycles. The summed E-state index contributed by atoms with van der Waals surface area (Å²) in [5, 5.41) is 12.3. The lowest BCUT2D eigenvalue weighted by atomic mass is 9.90. The Labute approximate surface area is 114 Å². The van der Waals surface area contributed by atoms with Gasteiger partial charge in [0.25, 0.3) is 0 Å². The standard InChI is InChI=1S/C13H24N6/c1-18-11-4-5-12(18)9-10(8-11)13-15-16-17-19(13)7-3-2-6-14/h10-12H,2-9,14H2,1H3. The number of nitrogens with two attached hydrogens (primary N) is 1. The van der Waals surface area contributed by atoms with Crippen LogP contribution in [0.1, 0.15) is 50.3 Å². The zero-order chi connectivity index (χ0) is 13.2. The first kappa shape index (κ1) is 13.0. The van der Waals surface area contributed by atoms with Crippen molar-refractivity contribution >= 4 is 0 Å². The van der Waals surface area contributed by atoms with Crippen LogP contribution in [0.25, 0.3) is 0 Å². The molecule has 2 bridgehead atoms. The van der Waals surface area contributed by atoms with Crippen LogP contribution in [-0.2, 0) is 6.54 Å². The molecule has 2 atom stereocenters. The van der Waals surface area contributed by atoms with Crippen molar-refractivity contribution in [2.24, 2.45) is 5.73 Å². The van der Waals surface area contributed by atoms with Crippen LogP contribution in [0.5, 0.6) is 0 Å². The fourth-order valence-corrected chi connectivity index (χ4v) is 3.69. The van der Waals surface area contributed by atoms with Crippen LogP contribution in [0.4, 0.5) is 0 Å². The molecule has 6 nitrogen and oxygen atoms in total. The lowest BCUT2D eigenvalue weighted by Gasteiger charge is -2.35. The minimum Gasteiger partial charge on any atom is -0.330 e. The lowest BCUT2D eigenvalue weighted by Crippen LogP contribution is -2.39. The molecule has 2 aliphatic heterocycles. The highest BCUT2D eigenvalue weighted by molar-refractivity contribution is 5.04. The van der Waals surface area contributed by atoms with Crippen LogP contribution in [0, 0.1) is 0 Å². The van der Waals surface area contributed by atoms with Gasteiger partial charge in [0.05, 0.1) is 0 Å². The minimum absolute atomic E-state index is 0.543. The Kier molecular flexibility index (Phi) is 3.79. The fraction of sp³-hybridized carbons (Fsp3) is 0.923. The van der Waals surface area contributed by atoms with Gasteiger partial charge in [0, 0.05) is 24.5 Å². The van der Waals surface area contributed by atoms with Crippen molar-refractivity contribution in [3.8, 4) is 0 Å². The number of fused-ring (bicyclic) bond motifs is 2. The van der Waals surface area contributed by atoms with Gasteiger partial charge in [-0.1, -0.05) is 0 Å². The highest BCUT2D eigenvalue weighted by Gasteiger charge is 2.40. The number of unbranched alkanes of at least 4 members (excludes halogenated alkanes) is 1. The van der Waals surface area contributed by atoms with E-state index in [0.29, 0.717) is 5.92 Å². The highest BCUT2D eigenvalue weighted by Crippen LogP contribution is 2.41. The van der Waals surface area contributed by atoms with Crippen LogP contribution >= 0.6 is 0 Å². The minimum atomic E-state index is 0.543. The monoisotopic (exact) mass is 264 g/mol. The van der Waals surface area contributed by atoms with Gasteiger partial charge in [-0.25, -0.2) is 4.68 Å². The summed E-state index contributed by atoms with van der Waals surface area (Å²) in [6.07, 6.45) is 7.21. The number of tetrazole rings is 1. The molecule has 2 unspecified atom stereocenters. The molecule has 2 N–H and O–H groups in total. The molecule has 6 heteroatoms. The van der Waals surface area contributed by atoms with Crippen molar-refractivity contribution in [1.29, 1.82) is 0 Å². The highest BCUT2D eigenvalue weighted by atomic mass is 15.5. The third-order valence-electron chi connectivity index (χ3n) is 4.85. The zero-order valence-corrected chi connectivity index (χ0v) is 11.7. The second-order valence-electron chi connectivity index (χ2n) is 5.97. The van der Waals surface area contributed by atoms with Gasteiger partial charge in [-0.3, -0.25) is 0 Å². The third kappa shape index (κ3) is 2.51. The van der Waals surface area contributed by atoms with Gasteiger partial charge >= 0.3 is 0 Å². The first-order valence-electron chi connectivity index (χ1n) is 7.47. The van der Waals surface area contributed by atoms with Crippen LogP contribution in [0.15, 0.2) is 0 Å². The van der Waals surface area contributed by atoms with E-state index in [0.717, 1.165) is 43.8 Å². The summed E-state index contributed by atoms with van der Waals surface area (Å²) in [5.41, 5.74) is 5.54. The fourth-order valence-electron chi connectivity index (χ4n) is 3.69. The number of rotatable bonds is 5. The summed E-state index contributed by atoms with van der Waals surface area (Å²) in [6.45, 7) is 1.65. The van der Waals surface area contributed by atoms with Crippen molar-refractivity contribution in [2.75, 3.05) is 13.6 Å². The molecule has 1 aromatic heterocycles. The van der Waals surface area contributed by atoms with Gasteiger partial charge in [0.15, 0.2) is 5.82 Å². The molecule has 2 aliphatic rings. The van der Waals surface area contributed by atoms with Crippen LogP contribution in [0.2, 0.25) is 0 Å². The van der Waals surface area contributed by atoms with E-state index in [1.54, 1.807) is 0 Å². The first-order valence-corrected chi connectivity index (χ1v) is 7.47. The maximum atomic E-state index is 5.54. The van der Waals surface area contributed by atoms with E-state index in [-0.39, 0.29) is 0 Å². The van der Waals surface area contributed by atoms with Crippen molar-refractivity contribution in [3.05, 3.63) is 5.82 Å². The predicted molar refractivity (Wildman–Crippen MR) is 72.7 cm³/mol. The van der Waals surface area contributed by atoms with E-state index in [9.17, 15) is 0 Å². The lowest BCUT2D eigenvalue weighted by molar-refractivity contribution is 0.157. The molecule has 0 radical (unpaired) electrons. The number of hydrogen-bond acceptors (Lipinski definition) is 5. The molecule has 2 saturated heterocycles. The van der Waals surface area contributed by atoms with Crippen LogP contribution in [0.3, 0.4) is 0 Å². The van der Waals surface area contributed by atoms with E-state index in [2.05, 4.69) is 27.5 Å². The first-order chi connectivity index (χ1) is 9.29. The summed E-state index contributed by atoms with van der Waals surface area (Å²) in [7, 11) is 2.27. The van der Waals surface area contributed by atoms with Gasteiger partial charge in [-0.2, -0.15) is 0 Å². The summed E-state index contributed by atoms with van der Waals surface area (Å²) < 4.78 is 2.01. The van der Waals surface area contributed by atoms with Gasteiger partial charge in [0.2, 0.25) is 0 Å². The number of nitrogens with zero attached hydrogens (tertiary/aromatic N) is 5. The van der Waals surface area contributed by atoms with Gasteiger partial charge in [-0.15, -0.1) is 5.10 Å². The van der Waals surface area contributed by atoms with E-state index >= 15 is 0 Å². The Bertz CT molecular complexity index is 403. The SMILES string of the molecule is CN1C2CCC1CC(c1nnnn1CCCCN)C2. The molecular formula is C13H24N6.